The number of benzene rings is 3. The van der Waals surface area contributed by atoms with E-state index >= 15 is 0 Å². The van der Waals surface area contributed by atoms with Gasteiger partial charge >= 0.3 is 0 Å². The van der Waals surface area contributed by atoms with E-state index in [-0.39, 0.29) is 39.3 Å². The van der Waals surface area contributed by atoms with Gasteiger partial charge in [-0.2, -0.15) is 12.8 Å². The van der Waals surface area contributed by atoms with Crippen molar-refractivity contribution < 1.29 is 37.2 Å². The molecule has 180 valence electrons. The zero-order chi connectivity index (χ0) is 25.0. The van der Waals surface area contributed by atoms with Gasteiger partial charge < -0.3 is 15.5 Å². The molecule has 4 N–H and O–H groups in total. The molecule has 34 heavy (non-hydrogen) atoms. The highest BCUT2D eigenvalue weighted by molar-refractivity contribution is 7.94. The Hall–Kier alpha value is -3.23. The highest BCUT2D eigenvalue weighted by Gasteiger charge is 2.20. The lowest BCUT2D eigenvalue weighted by Gasteiger charge is -2.14. The monoisotopic (exact) mass is 507 g/mol. The minimum Gasteiger partial charge on any atom is -0.506 e. The summed E-state index contributed by atoms with van der Waals surface area (Å²) in [4.78, 5) is 16.6. The number of hydrogen-bond donors (Lipinski definition) is 4. The van der Waals surface area contributed by atoms with Crippen LogP contribution in [0.15, 0.2) is 56.4 Å². The van der Waals surface area contributed by atoms with Gasteiger partial charge in [0.1, 0.15) is 17.1 Å². The van der Waals surface area contributed by atoms with E-state index in [2.05, 4.69) is 15.5 Å². The third-order valence-electron chi connectivity index (χ3n) is 4.46. The molecule has 0 aromatic heterocycles. The number of nitrogens with zero attached hydrogens (tertiary/aromatic N) is 2. The molecule has 0 fully saturated rings. The fourth-order valence-electron chi connectivity index (χ4n) is 3.04. The Morgan fingerprint density at radius 1 is 1.15 bits per heavy atom. The highest BCUT2D eigenvalue weighted by Crippen LogP contribution is 2.44. The number of aryl methyl sites for hydroxylation is 1. The number of carbonyl (C=O) groups excluding carboxylic acids is 1. The average molecular weight is 508 g/mol. The van der Waals surface area contributed by atoms with Crippen molar-refractivity contribution >= 4 is 55.9 Å². The molecule has 3 aromatic carbocycles. The minimum atomic E-state index is -4.58. The fourth-order valence-corrected chi connectivity index (χ4v) is 4.08. The number of carbonyl (C=O) groups is 1. The largest absolute Gasteiger partial charge is 0.506 e. The van der Waals surface area contributed by atoms with Crippen molar-refractivity contribution in [3.05, 3.63) is 42.0 Å². The number of fused-ring (bicyclic) bond motifs is 1. The summed E-state index contributed by atoms with van der Waals surface area (Å²) in [5, 5.41) is 31.9. The highest BCUT2D eigenvalue weighted by atomic mass is 32.2. The molecule has 11 nitrogen and oxygen atoms in total. The Balaban J connectivity index is 2.11. The van der Waals surface area contributed by atoms with E-state index in [0.717, 1.165) is 24.2 Å². The van der Waals surface area contributed by atoms with E-state index in [4.69, 9.17) is 9.22 Å². The average Bonchev–Trinajstić information content (AvgIpc) is 2.74. The van der Waals surface area contributed by atoms with Crippen LogP contribution in [0.4, 0.5) is 17.1 Å². The maximum Gasteiger partial charge on any atom is 0.294 e. The summed E-state index contributed by atoms with van der Waals surface area (Å²) in [6.07, 6.45) is 0. The molecule has 0 saturated heterocycles. The third kappa shape index (κ3) is 5.81. The maximum absolute atomic E-state index is 11.7. The van der Waals surface area contributed by atoms with Gasteiger partial charge in [-0.05, 0) is 61.2 Å². The van der Waals surface area contributed by atoms with Gasteiger partial charge in [0.05, 0.1) is 29.2 Å². The molecule has 0 spiro atoms. The lowest BCUT2D eigenvalue weighted by Crippen LogP contribution is -2.08. The lowest BCUT2D eigenvalue weighted by molar-refractivity contribution is -0.185. The van der Waals surface area contributed by atoms with Crippen LogP contribution in [0, 0.1) is 6.92 Å². The van der Waals surface area contributed by atoms with Gasteiger partial charge in [0.15, 0.2) is 5.75 Å². The summed E-state index contributed by atoms with van der Waals surface area (Å²) in [5.74, 6) is -1.07. The summed E-state index contributed by atoms with van der Waals surface area (Å²) in [7, 11) is -4.58. The number of aromatic hydroxyl groups is 2. The van der Waals surface area contributed by atoms with Crippen molar-refractivity contribution in [1.29, 1.82) is 0 Å². The van der Waals surface area contributed by atoms with Gasteiger partial charge in [-0.15, -0.1) is 10.2 Å². The molecular formula is C21H21N3O8S2. The third-order valence-corrected chi connectivity index (χ3v) is 5.90. The molecule has 0 aliphatic carbocycles. The standard InChI is InChI=1S/C21H21N3O8S2/c1-4-31-32-33-14-5-6-18(26)16(9-14)23-24-20-11(2)7-13-8-15(34(28,29)30)10-17(22-12(3)25)19(13)21(20)27/h5-10,26-27H,4H2,1-3H3,(H,22,25)(H,28,29,30). The van der Waals surface area contributed by atoms with Crippen LogP contribution in [-0.4, -0.2) is 35.7 Å². The number of hydrogen-bond acceptors (Lipinski definition) is 10. The molecule has 0 saturated carbocycles. The van der Waals surface area contributed by atoms with E-state index in [1.807, 2.05) is 0 Å². The molecule has 13 heteroatoms. The number of azo groups is 1. The lowest BCUT2D eigenvalue weighted by atomic mass is 10.0. The van der Waals surface area contributed by atoms with Crippen LogP contribution in [-0.2, 0) is 24.1 Å². The number of amides is 1. The van der Waals surface area contributed by atoms with Gasteiger partial charge in [0.2, 0.25) is 5.91 Å². The van der Waals surface area contributed by atoms with Gasteiger partial charge in [-0.1, -0.05) is 0 Å². The van der Waals surface area contributed by atoms with Crippen molar-refractivity contribution in [2.24, 2.45) is 10.2 Å². The molecule has 3 rings (SSSR count). The zero-order valence-corrected chi connectivity index (χ0v) is 19.9. The normalized spacial score (nSPS) is 11.9. The summed E-state index contributed by atoms with van der Waals surface area (Å²) in [5.41, 5.74) is 0.495. The summed E-state index contributed by atoms with van der Waals surface area (Å²) < 4.78 is 37.7. The Morgan fingerprint density at radius 3 is 2.53 bits per heavy atom. The molecule has 0 heterocycles. The second-order valence-electron chi connectivity index (χ2n) is 7.02. The van der Waals surface area contributed by atoms with E-state index in [1.165, 1.54) is 25.1 Å². The number of nitrogens with one attached hydrogen (secondary N) is 1. The predicted octanol–water partition coefficient (Wildman–Crippen LogP) is 5.16. The quantitative estimate of drug-likeness (QED) is 0.0804. The number of rotatable bonds is 8. The fraction of sp³-hybridized carbons (Fsp3) is 0.190. The predicted molar refractivity (Wildman–Crippen MR) is 125 cm³/mol. The first-order chi connectivity index (χ1) is 16.0. The van der Waals surface area contributed by atoms with Gasteiger partial charge in [-0.3, -0.25) is 9.35 Å². The van der Waals surface area contributed by atoms with Crippen molar-refractivity contribution in [1.82, 2.24) is 0 Å². The van der Waals surface area contributed by atoms with Crippen LogP contribution in [0.1, 0.15) is 19.4 Å². The first-order valence-electron chi connectivity index (χ1n) is 9.77. The van der Waals surface area contributed by atoms with Crippen LogP contribution in [0.2, 0.25) is 0 Å². The SMILES string of the molecule is CCOOSc1ccc(O)c(N=Nc2c(C)cc3cc(S(=O)(=O)O)cc(NC(C)=O)c3c2O)c1. The van der Waals surface area contributed by atoms with E-state index in [9.17, 15) is 28.0 Å². The zero-order valence-electron chi connectivity index (χ0n) is 18.3. The second kappa shape index (κ2) is 10.4. The number of anilines is 1. The summed E-state index contributed by atoms with van der Waals surface area (Å²) >= 11 is 0.915. The molecule has 3 aromatic rings. The van der Waals surface area contributed by atoms with Crippen molar-refractivity contribution in [2.45, 2.75) is 30.6 Å². The van der Waals surface area contributed by atoms with Gasteiger partial charge in [0.25, 0.3) is 10.1 Å². The van der Waals surface area contributed by atoms with Crippen molar-refractivity contribution in [2.75, 3.05) is 11.9 Å². The van der Waals surface area contributed by atoms with Crippen molar-refractivity contribution in [3.8, 4) is 11.5 Å². The van der Waals surface area contributed by atoms with E-state index in [0.29, 0.717) is 17.1 Å². The molecule has 0 radical (unpaired) electrons. The van der Waals surface area contributed by atoms with Crippen LogP contribution >= 0.6 is 12.0 Å². The Kier molecular flexibility index (Phi) is 7.74. The molecule has 0 unspecified atom stereocenters. The van der Waals surface area contributed by atoms with Crippen LogP contribution in [0.3, 0.4) is 0 Å². The number of phenolic OH excluding ortho intramolecular Hbond substituents is 2. The van der Waals surface area contributed by atoms with Crippen molar-refractivity contribution in [3.63, 3.8) is 0 Å². The Bertz CT molecular complexity index is 1390. The van der Waals surface area contributed by atoms with Crippen LogP contribution in [0.25, 0.3) is 10.8 Å². The molecule has 1 amide bonds. The maximum atomic E-state index is 11.7. The molecule has 0 atom stereocenters. The first-order valence-corrected chi connectivity index (χ1v) is 12.0. The topological polar surface area (TPSA) is 167 Å². The van der Waals surface area contributed by atoms with E-state index in [1.54, 1.807) is 19.9 Å². The smallest absolute Gasteiger partial charge is 0.294 e. The van der Waals surface area contributed by atoms with Gasteiger partial charge in [0, 0.05) is 17.2 Å². The van der Waals surface area contributed by atoms with Crippen LogP contribution in [0.5, 0.6) is 11.5 Å². The van der Waals surface area contributed by atoms with E-state index < -0.39 is 20.9 Å². The number of phenols is 2. The van der Waals surface area contributed by atoms with Crippen LogP contribution < -0.4 is 5.32 Å². The second-order valence-corrected chi connectivity index (χ2v) is 9.22. The summed E-state index contributed by atoms with van der Waals surface area (Å²) in [6, 6.07) is 8.19. The molecule has 0 aliphatic heterocycles. The summed E-state index contributed by atoms with van der Waals surface area (Å²) in [6.45, 7) is 4.93. The van der Waals surface area contributed by atoms with Gasteiger partial charge in [-0.25, -0.2) is 4.89 Å². The molecule has 0 bridgehead atoms. The Labute approximate surface area is 199 Å². The first kappa shape index (κ1) is 25.4. The minimum absolute atomic E-state index is 0.0294. The molecular weight excluding hydrogens is 486 g/mol. The Morgan fingerprint density at radius 2 is 1.88 bits per heavy atom. The molecule has 0 aliphatic rings.